The zero-order valence-corrected chi connectivity index (χ0v) is 17.0. The van der Waals surface area contributed by atoms with Crippen LogP contribution < -0.4 is 25.8 Å². The number of benzene rings is 2. The van der Waals surface area contributed by atoms with Crippen molar-refractivity contribution in [3.63, 3.8) is 0 Å². The lowest BCUT2D eigenvalue weighted by atomic mass is 10.0. The fourth-order valence-electron chi connectivity index (χ4n) is 2.86. The Hall–Kier alpha value is -3.43. The average molecular weight is 439 g/mol. The number of methoxy groups -OCH3 is 1. The van der Waals surface area contributed by atoms with Gasteiger partial charge in [-0.3, -0.25) is 4.79 Å². The van der Waals surface area contributed by atoms with Gasteiger partial charge in [0.2, 0.25) is 5.91 Å². The second-order valence-electron chi connectivity index (χ2n) is 6.80. The van der Waals surface area contributed by atoms with Crippen LogP contribution in [-0.4, -0.2) is 37.9 Å². The van der Waals surface area contributed by atoms with Crippen LogP contribution in [0.15, 0.2) is 48.5 Å². The average Bonchev–Trinajstić information content (AvgIpc) is 2.71. The molecule has 0 saturated carbocycles. The Labute approximate surface area is 177 Å². The first-order chi connectivity index (χ1) is 14.6. The second kappa shape index (κ2) is 10.6. The molecule has 2 aromatic carbocycles. The number of carbonyl (C=O) groups is 2. The van der Waals surface area contributed by atoms with Crippen molar-refractivity contribution in [2.75, 3.05) is 13.7 Å². The van der Waals surface area contributed by atoms with Crippen molar-refractivity contribution in [1.29, 1.82) is 0 Å². The van der Waals surface area contributed by atoms with E-state index in [1.165, 1.54) is 25.3 Å². The third-order valence-electron chi connectivity index (χ3n) is 4.35. The van der Waals surface area contributed by atoms with Crippen molar-refractivity contribution in [2.24, 2.45) is 5.73 Å². The van der Waals surface area contributed by atoms with Gasteiger partial charge in [0.1, 0.15) is 6.04 Å². The number of hydrogen-bond donors (Lipinski definition) is 3. The molecule has 0 aliphatic heterocycles. The number of ether oxygens (including phenoxy) is 2. The van der Waals surface area contributed by atoms with Crippen molar-refractivity contribution in [3.8, 4) is 11.5 Å². The quantitative estimate of drug-likeness (QED) is 0.559. The van der Waals surface area contributed by atoms with Gasteiger partial charge in [0.25, 0.3) is 0 Å². The van der Waals surface area contributed by atoms with E-state index in [1.54, 1.807) is 6.92 Å². The Morgan fingerprint density at radius 2 is 1.74 bits per heavy atom. The highest BCUT2D eigenvalue weighted by Gasteiger charge is 2.29. The van der Waals surface area contributed by atoms with E-state index in [9.17, 15) is 22.8 Å². The smallest absolute Gasteiger partial charge is 0.422 e. The van der Waals surface area contributed by atoms with Crippen LogP contribution in [0.3, 0.4) is 0 Å². The Morgan fingerprint density at radius 3 is 2.32 bits per heavy atom. The fraction of sp³-hybridized carbons (Fsp3) is 0.333. The Morgan fingerprint density at radius 1 is 1.06 bits per heavy atom. The molecule has 0 bridgehead atoms. The lowest BCUT2D eigenvalue weighted by Gasteiger charge is -2.22. The Kier molecular flexibility index (Phi) is 8.12. The van der Waals surface area contributed by atoms with E-state index in [0.29, 0.717) is 5.56 Å². The second-order valence-corrected chi connectivity index (χ2v) is 6.80. The molecule has 0 spiro atoms. The van der Waals surface area contributed by atoms with Crippen molar-refractivity contribution < 1.29 is 32.2 Å². The minimum absolute atomic E-state index is 0.0700. The molecule has 2 rings (SSSR count). The standard InChI is InChI=1S/C21H24F3N3O4/c1-13(15-8-9-17(18(11-15)30-2)31-12-21(22,23)24)26-19(28)16(27-20(25)29)10-14-6-4-3-5-7-14/h3-9,11,13,16H,10,12H2,1-2H3,(H,26,28)(H3,25,27,29)/t13-,16+/m0/s1. The molecule has 7 nitrogen and oxygen atoms in total. The predicted octanol–water partition coefficient (Wildman–Crippen LogP) is 3.09. The maximum atomic E-state index is 12.7. The summed E-state index contributed by atoms with van der Waals surface area (Å²) in [5.74, 6) is -0.440. The predicted molar refractivity (Wildman–Crippen MR) is 108 cm³/mol. The fourth-order valence-corrected chi connectivity index (χ4v) is 2.86. The minimum Gasteiger partial charge on any atom is -0.493 e. The first-order valence-electron chi connectivity index (χ1n) is 9.37. The number of urea groups is 1. The molecule has 0 aliphatic rings. The number of primary amides is 1. The highest BCUT2D eigenvalue weighted by Crippen LogP contribution is 2.31. The summed E-state index contributed by atoms with van der Waals surface area (Å²) in [5.41, 5.74) is 6.60. The van der Waals surface area contributed by atoms with Gasteiger partial charge in [0, 0.05) is 6.42 Å². The van der Waals surface area contributed by atoms with Crippen molar-refractivity contribution in [3.05, 3.63) is 59.7 Å². The summed E-state index contributed by atoms with van der Waals surface area (Å²) in [6.45, 7) is 0.238. The molecule has 31 heavy (non-hydrogen) atoms. The van der Waals surface area contributed by atoms with Crippen molar-refractivity contribution >= 4 is 11.9 Å². The van der Waals surface area contributed by atoms with Crippen LogP contribution in [-0.2, 0) is 11.2 Å². The highest BCUT2D eigenvalue weighted by atomic mass is 19.4. The van der Waals surface area contributed by atoms with Crippen LogP contribution in [0.5, 0.6) is 11.5 Å². The summed E-state index contributed by atoms with van der Waals surface area (Å²) in [5, 5.41) is 5.19. The number of amides is 3. The number of halogens is 3. The summed E-state index contributed by atoms with van der Waals surface area (Å²) in [6, 6.07) is 11.1. The molecule has 0 unspecified atom stereocenters. The lowest BCUT2D eigenvalue weighted by Crippen LogP contribution is -2.50. The minimum atomic E-state index is -4.48. The van der Waals surface area contributed by atoms with Gasteiger partial charge in [-0.05, 0) is 30.2 Å². The van der Waals surface area contributed by atoms with E-state index in [-0.39, 0.29) is 17.9 Å². The molecule has 0 fully saturated rings. The SMILES string of the molecule is COc1cc([C@H](C)NC(=O)[C@@H](Cc2ccccc2)NC(N)=O)ccc1OCC(F)(F)F. The van der Waals surface area contributed by atoms with Crippen LogP contribution >= 0.6 is 0 Å². The first-order valence-corrected chi connectivity index (χ1v) is 9.37. The summed E-state index contributed by atoms with van der Waals surface area (Å²) < 4.78 is 47.1. The van der Waals surface area contributed by atoms with Gasteiger partial charge in [-0.15, -0.1) is 0 Å². The van der Waals surface area contributed by atoms with Gasteiger partial charge in [0.15, 0.2) is 18.1 Å². The van der Waals surface area contributed by atoms with Gasteiger partial charge in [-0.25, -0.2) is 4.79 Å². The largest absolute Gasteiger partial charge is 0.493 e. The van der Waals surface area contributed by atoms with E-state index < -0.39 is 36.8 Å². The third-order valence-corrected chi connectivity index (χ3v) is 4.35. The molecule has 10 heteroatoms. The van der Waals surface area contributed by atoms with Crippen LogP contribution in [0.1, 0.15) is 24.1 Å². The van der Waals surface area contributed by atoms with Crippen LogP contribution in [0.2, 0.25) is 0 Å². The number of rotatable bonds is 9. The maximum Gasteiger partial charge on any atom is 0.422 e. The lowest BCUT2D eigenvalue weighted by molar-refractivity contribution is -0.153. The van der Waals surface area contributed by atoms with Gasteiger partial charge in [0.05, 0.1) is 13.2 Å². The van der Waals surface area contributed by atoms with E-state index in [1.807, 2.05) is 30.3 Å². The number of nitrogens with two attached hydrogens (primary N) is 1. The number of alkyl halides is 3. The topological polar surface area (TPSA) is 103 Å². The number of hydrogen-bond acceptors (Lipinski definition) is 4. The third kappa shape index (κ3) is 7.72. The molecule has 168 valence electrons. The maximum absolute atomic E-state index is 12.7. The van der Waals surface area contributed by atoms with E-state index in [4.69, 9.17) is 15.2 Å². The summed E-state index contributed by atoms with van der Waals surface area (Å²) in [4.78, 5) is 24.1. The zero-order valence-electron chi connectivity index (χ0n) is 17.0. The molecule has 3 amide bonds. The molecule has 2 aromatic rings. The monoisotopic (exact) mass is 439 g/mol. The summed E-state index contributed by atoms with van der Waals surface area (Å²) in [6.07, 6.45) is -4.25. The molecule has 0 heterocycles. The van der Waals surface area contributed by atoms with Gasteiger partial charge in [-0.1, -0.05) is 36.4 Å². The van der Waals surface area contributed by atoms with Crippen molar-refractivity contribution in [2.45, 2.75) is 31.6 Å². The van der Waals surface area contributed by atoms with Gasteiger partial charge in [-0.2, -0.15) is 13.2 Å². The van der Waals surface area contributed by atoms with Crippen LogP contribution in [0, 0.1) is 0 Å². The zero-order chi connectivity index (χ0) is 23.0. The molecule has 4 N–H and O–H groups in total. The normalized spacial score (nSPS) is 13.1. The van der Waals surface area contributed by atoms with E-state index >= 15 is 0 Å². The van der Waals surface area contributed by atoms with E-state index in [0.717, 1.165) is 5.56 Å². The molecule has 0 saturated heterocycles. The molecular weight excluding hydrogens is 415 g/mol. The van der Waals surface area contributed by atoms with Gasteiger partial charge >= 0.3 is 12.2 Å². The van der Waals surface area contributed by atoms with Crippen LogP contribution in [0.25, 0.3) is 0 Å². The number of nitrogens with one attached hydrogen (secondary N) is 2. The summed E-state index contributed by atoms with van der Waals surface area (Å²) in [7, 11) is 1.30. The molecule has 0 aromatic heterocycles. The first kappa shape index (κ1) is 23.8. The summed E-state index contributed by atoms with van der Waals surface area (Å²) >= 11 is 0. The molecular formula is C21H24F3N3O4. The molecule has 0 aliphatic carbocycles. The van der Waals surface area contributed by atoms with Gasteiger partial charge < -0.3 is 25.8 Å². The highest BCUT2D eigenvalue weighted by molar-refractivity contribution is 5.87. The Balaban J connectivity index is 2.11. The Bertz CT molecular complexity index is 891. The molecule has 0 radical (unpaired) electrons. The van der Waals surface area contributed by atoms with Crippen LogP contribution in [0.4, 0.5) is 18.0 Å². The number of carbonyl (C=O) groups excluding carboxylic acids is 2. The van der Waals surface area contributed by atoms with E-state index in [2.05, 4.69) is 10.6 Å². The molecule has 2 atom stereocenters. The van der Waals surface area contributed by atoms with Crippen molar-refractivity contribution in [1.82, 2.24) is 10.6 Å².